The molecule has 6 nitrogen and oxygen atoms in total. The van der Waals surface area contributed by atoms with Gasteiger partial charge in [-0.05, 0) is 44.1 Å². The maximum Gasteiger partial charge on any atom is 0.414 e. The van der Waals surface area contributed by atoms with Gasteiger partial charge in [0, 0.05) is 11.0 Å². The third kappa shape index (κ3) is 8.52. The van der Waals surface area contributed by atoms with E-state index >= 15 is 0 Å². The van der Waals surface area contributed by atoms with Crippen molar-refractivity contribution in [1.29, 1.82) is 0 Å². The van der Waals surface area contributed by atoms with Crippen LogP contribution < -0.4 is 4.74 Å². The minimum absolute atomic E-state index is 0.667. The Kier molecular flexibility index (Phi) is 9.75. The van der Waals surface area contributed by atoms with Crippen molar-refractivity contribution in [2.24, 2.45) is 0 Å². The van der Waals surface area contributed by atoms with Gasteiger partial charge in [-0.25, -0.2) is 9.59 Å². The predicted molar refractivity (Wildman–Crippen MR) is 94.8 cm³/mol. The highest BCUT2D eigenvalue weighted by Crippen LogP contribution is 2.27. The van der Waals surface area contributed by atoms with Crippen LogP contribution in [-0.4, -0.2) is 53.3 Å². The molecule has 24 heavy (non-hydrogen) atoms. The standard InChI is InChI=1S/C14H19BrClNO.C2H2O4/c15-12-5-6-14(13(16)11-12)18-10-9-17-7-3-1-2-4-8-17;3-1(4)2(5)6/h5-6,11H,1-4,7-10H2;(H,3,4)(H,5,6). The van der Waals surface area contributed by atoms with E-state index in [1.807, 2.05) is 18.2 Å². The van der Waals surface area contributed by atoms with Gasteiger partial charge in [0.25, 0.3) is 0 Å². The fourth-order valence-electron chi connectivity index (χ4n) is 2.24. The first kappa shape index (κ1) is 20.7. The van der Waals surface area contributed by atoms with Gasteiger partial charge in [0.05, 0.1) is 5.02 Å². The van der Waals surface area contributed by atoms with Crippen molar-refractivity contribution in [1.82, 2.24) is 4.90 Å². The highest BCUT2D eigenvalue weighted by molar-refractivity contribution is 9.10. The Morgan fingerprint density at radius 3 is 2.21 bits per heavy atom. The first-order valence-corrected chi connectivity index (χ1v) is 8.83. The highest BCUT2D eigenvalue weighted by atomic mass is 79.9. The number of hydrogen-bond acceptors (Lipinski definition) is 4. The summed E-state index contributed by atoms with van der Waals surface area (Å²) >= 11 is 9.50. The Balaban J connectivity index is 0.000000413. The molecular formula is C16H21BrClNO5. The van der Waals surface area contributed by atoms with E-state index in [0.29, 0.717) is 11.6 Å². The van der Waals surface area contributed by atoms with Crippen LogP contribution >= 0.6 is 27.5 Å². The summed E-state index contributed by atoms with van der Waals surface area (Å²) in [5, 5.41) is 15.4. The zero-order valence-electron chi connectivity index (χ0n) is 13.2. The molecule has 1 heterocycles. The summed E-state index contributed by atoms with van der Waals surface area (Å²) in [5.74, 6) is -2.88. The number of nitrogens with zero attached hydrogens (tertiary/aromatic N) is 1. The van der Waals surface area contributed by atoms with E-state index in [4.69, 9.17) is 36.1 Å². The van der Waals surface area contributed by atoms with E-state index < -0.39 is 11.9 Å². The van der Waals surface area contributed by atoms with E-state index in [0.717, 1.165) is 16.8 Å². The Labute approximate surface area is 154 Å². The van der Waals surface area contributed by atoms with Crippen molar-refractivity contribution in [2.45, 2.75) is 25.7 Å². The molecule has 1 aromatic rings. The normalized spacial score (nSPS) is 14.9. The van der Waals surface area contributed by atoms with Crippen LogP contribution in [0.15, 0.2) is 22.7 Å². The van der Waals surface area contributed by atoms with Gasteiger partial charge in [-0.2, -0.15) is 0 Å². The van der Waals surface area contributed by atoms with Crippen molar-refractivity contribution in [3.05, 3.63) is 27.7 Å². The second-order valence-electron chi connectivity index (χ2n) is 5.29. The average molecular weight is 423 g/mol. The lowest BCUT2D eigenvalue weighted by atomic mass is 10.2. The molecule has 1 fully saturated rings. The fraction of sp³-hybridized carbons (Fsp3) is 0.500. The molecule has 0 aliphatic carbocycles. The Bertz CT molecular complexity index is 535. The lowest BCUT2D eigenvalue weighted by Gasteiger charge is -2.19. The van der Waals surface area contributed by atoms with E-state index in [1.165, 1.54) is 38.8 Å². The molecule has 1 saturated heterocycles. The predicted octanol–water partition coefficient (Wildman–Crippen LogP) is 3.51. The Hall–Kier alpha value is -1.31. The minimum Gasteiger partial charge on any atom is -0.491 e. The summed E-state index contributed by atoms with van der Waals surface area (Å²) in [6.45, 7) is 4.11. The molecule has 1 aromatic carbocycles. The SMILES string of the molecule is Clc1cc(Br)ccc1OCCN1CCCCCC1.O=C(O)C(=O)O. The number of ether oxygens (including phenoxy) is 1. The van der Waals surface area contributed by atoms with Gasteiger partial charge in [0.1, 0.15) is 12.4 Å². The quantitative estimate of drug-likeness (QED) is 0.722. The van der Waals surface area contributed by atoms with Crippen LogP contribution in [0.25, 0.3) is 0 Å². The first-order chi connectivity index (χ1) is 11.4. The van der Waals surface area contributed by atoms with E-state index in [9.17, 15) is 0 Å². The van der Waals surface area contributed by atoms with Crippen LogP contribution in [0.1, 0.15) is 25.7 Å². The largest absolute Gasteiger partial charge is 0.491 e. The molecule has 0 amide bonds. The second-order valence-corrected chi connectivity index (χ2v) is 6.61. The lowest BCUT2D eigenvalue weighted by Crippen LogP contribution is -2.29. The third-order valence-corrected chi connectivity index (χ3v) is 4.23. The maximum atomic E-state index is 9.10. The van der Waals surface area contributed by atoms with Crippen molar-refractivity contribution < 1.29 is 24.5 Å². The summed E-state index contributed by atoms with van der Waals surface area (Å²) in [4.78, 5) is 20.7. The number of carboxylic acids is 2. The van der Waals surface area contributed by atoms with Gasteiger partial charge in [-0.1, -0.05) is 40.4 Å². The van der Waals surface area contributed by atoms with Crippen molar-refractivity contribution in [3.63, 3.8) is 0 Å². The fourth-order valence-corrected chi connectivity index (χ4v) is 2.96. The summed E-state index contributed by atoms with van der Waals surface area (Å²) in [5.41, 5.74) is 0. The number of benzene rings is 1. The molecule has 0 radical (unpaired) electrons. The summed E-state index contributed by atoms with van der Waals surface area (Å²) < 4.78 is 6.72. The van der Waals surface area contributed by atoms with Gasteiger partial charge >= 0.3 is 11.9 Å². The van der Waals surface area contributed by atoms with Gasteiger partial charge in [-0.15, -0.1) is 0 Å². The number of carbonyl (C=O) groups is 2. The molecule has 2 N–H and O–H groups in total. The van der Waals surface area contributed by atoms with Crippen LogP contribution in [0.2, 0.25) is 5.02 Å². The number of aliphatic carboxylic acids is 2. The zero-order chi connectivity index (χ0) is 17.9. The number of carboxylic acid groups (broad SMARTS) is 2. The van der Waals surface area contributed by atoms with Crippen LogP contribution in [0.4, 0.5) is 0 Å². The Morgan fingerprint density at radius 1 is 1.12 bits per heavy atom. The molecule has 0 bridgehead atoms. The molecule has 0 spiro atoms. The number of rotatable bonds is 4. The van der Waals surface area contributed by atoms with Gasteiger partial charge in [-0.3, -0.25) is 4.90 Å². The zero-order valence-corrected chi connectivity index (χ0v) is 15.6. The second kappa shape index (κ2) is 11.3. The summed E-state index contributed by atoms with van der Waals surface area (Å²) in [6, 6.07) is 5.73. The van der Waals surface area contributed by atoms with Gasteiger partial charge in [0.2, 0.25) is 0 Å². The van der Waals surface area contributed by atoms with Crippen molar-refractivity contribution in [2.75, 3.05) is 26.2 Å². The summed E-state index contributed by atoms with van der Waals surface area (Å²) in [7, 11) is 0. The minimum atomic E-state index is -1.82. The molecular weight excluding hydrogens is 402 g/mol. The molecule has 2 rings (SSSR count). The molecule has 1 aliphatic heterocycles. The summed E-state index contributed by atoms with van der Waals surface area (Å²) in [6.07, 6.45) is 5.38. The third-order valence-electron chi connectivity index (χ3n) is 3.44. The van der Waals surface area contributed by atoms with Crippen LogP contribution in [0.3, 0.4) is 0 Å². The topological polar surface area (TPSA) is 87.1 Å². The Morgan fingerprint density at radius 2 is 1.71 bits per heavy atom. The van der Waals surface area contributed by atoms with Crippen LogP contribution in [0, 0.1) is 0 Å². The van der Waals surface area contributed by atoms with Crippen LogP contribution in [0.5, 0.6) is 5.75 Å². The molecule has 0 atom stereocenters. The molecule has 134 valence electrons. The molecule has 0 saturated carbocycles. The molecule has 0 unspecified atom stereocenters. The first-order valence-electron chi connectivity index (χ1n) is 7.66. The van der Waals surface area contributed by atoms with Crippen molar-refractivity contribution >= 4 is 39.5 Å². The number of halogens is 2. The van der Waals surface area contributed by atoms with Gasteiger partial charge in [0.15, 0.2) is 0 Å². The smallest absolute Gasteiger partial charge is 0.414 e. The maximum absolute atomic E-state index is 9.10. The van der Waals surface area contributed by atoms with E-state index in [-0.39, 0.29) is 0 Å². The monoisotopic (exact) mass is 421 g/mol. The van der Waals surface area contributed by atoms with Crippen molar-refractivity contribution in [3.8, 4) is 5.75 Å². The number of likely N-dealkylation sites (tertiary alicyclic amines) is 1. The van der Waals surface area contributed by atoms with E-state index in [1.54, 1.807) is 0 Å². The number of hydrogen-bond donors (Lipinski definition) is 2. The van der Waals surface area contributed by atoms with Gasteiger partial charge < -0.3 is 14.9 Å². The molecule has 8 heteroatoms. The highest BCUT2D eigenvalue weighted by Gasteiger charge is 2.09. The average Bonchev–Trinajstić information content (AvgIpc) is 2.79. The molecule has 0 aromatic heterocycles. The molecule has 1 aliphatic rings. The van der Waals surface area contributed by atoms with E-state index in [2.05, 4.69) is 20.8 Å². The van der Waals surface area contributed by atoms with Crippen LogP contribution in [-0.2, 0) is 9.59 Å². The lowest BCUT2D eigenvalue weighted by molar-refractivity contribution is -0.159.